The van der Waals surface area contributed by atoms with Crippen molar-refractivity contribution >= 4 is 23.0 Å². The van der Waals surface area contributed by atoms with E-state index in [9.17, 15) is 0 Å². The zero-order valence-corrected chi connectivity index (χ0v) is 17.3. The lowest BCUT2D eigenvalue weighted by atomic mass is 10.0. The summed E-state index contributed by atoms with van der Waals surface area (Å²) in [6.07, 6.45) is 1.86. The first-order valence-corrected chi connectivity index (χ1v) is 9.02. The number of rotatable bonds is 9. The van der Waals surface area contributed by atoms with Crippen LogP contribution in [0.2, 0.25) is 0 Å². The molecule has 0 unspecified atom stereocenters. The molecule has 1 heterocycles. The molecule has 29 heavy (non-hydrogen) atoms. The van der Waals surface area contributed by atoms with Crippen molar-refractivity contribution in [3.05, 3.63) is 47.0 Å². The molecule has 1 aliphatic rings. The number of oxime groups is 4. The maximum atomic E-state index is 5.56. The molecule has 0 aliphatic carbocycles. The molecule has 0 atom stereocenters. The summed E-state index contributed by atoms with van der Waals surface area (Å²) in [5.74, 6) is 0.253. The van der Waals surface area contributed by atoms with Crippen LogP contribution in [0.3, 0.4) is 0 Å². The number of hydrogen-bond acceptors (Lipinski definition) is 9. The lowest BCUT2D eigenvalue weighted by Crippen LogP contribution is -2.26. The summed E-state index contributed by atoms with van der Waals surface area (Å²) in [5, 5.41) is 16.1. The Morgan fingerprint density at radius 1 is 1.07 bits per heavy atom. The molecule has 1 aliphatic heterocycles. The summed E-state index contributed by atoms with van der Waals surface area (Å²) in [4.78, 5) is 20.5. The Morgan fingerprint density at radius 3 is 2.48 bits per heavy atom. The Hall–Kier alpha value is -3.36. The third-order valence-corrected chi connectivity index (χ3v) is 3.63. The summed E-state index contributed by atoms with van der Waals surface area (Å²) in [5.41, 5.74) is 4.22. The van der Waals surface area contributed by atoms with Crippen molar-refractivity contribution in [2.24, 2.45) is 20.6 Å². The van der Waals surface area contributed by atoms with Gasteiger partial charge in [-0.15, -0.1) is 0 Å². The van der Waals surface area contributed by atoms with Gasteiger partial charge in [-0.3, -0.25) is 0 Å². The van der Waals surface area contributed by atoms with E-state index >= 15 is 0 Å². The van der Waals surface area contributed by atoms with E-state index in [1.807, 2.05) is 44.2 Å². The van der Waals surface area contributed by atoms with E-state index < -0.39 is 0 Å². The van der Waals surface area contributed by atoms with Gasteiger partial charge >= 0.3 is 0 Å². The number of hydrogen-bond donors (Lipinski definition) is 0. The van der Waals surface area contributed by atoms with Gasteiger partial charge in [0.1, 0.15) is 38.9 Å². The number of ether oxygens (including phenoxy) is 1. The van der Waals surface area contributed by atoms with E-state index in [1.165, 1.54) is 14.2 Å². The van der Waals surface area contributed by atoms with Gasteiger partial charge in [-0.1, -0.05) is 45.3 Å². The Bertz CT molecular complexity index is 839. The van der Waals surface area contributed by atoms with E-state index in [2.05, 4.69) is 20.6 Å². The van der Waals surface area contributed by atoms with Crippen LogP contribution in [0.5, 0.6) is 0 Å². The molecule has 0 radical (unpaired) electrons. The topological polar surface area (TPSA) is 95.6 Å². The Labute approximate surface area is 170 Å². The molecule has 9 heteroatoms. The molecule has 9 nitrogen and oxygen atoms in total. The Morgan fingerprint density at radius 2 is 1.83 bits per heavy atom. The largest absolute Gasteiger partial charge is 0.470 e. The number of nitrogens with zero attached hydrogens (tertiary/aromatic N) is 4. The monoisotopic (exact) mass is 402 g/mol. The molecule has 0 saturated heterocycles. The average molecular weight is 402 g/mol. The zero-order valence-electron chi connectivity index (χ0n) is 17.3. The van der Waals surface area contributed by atoms with E-state index in [-0.39, 0.29) is 12.5 Å². The molecule has 0 spiro atoms. The highest BCUT2D eigenvalue weighted by molar-refractivity contribution is 6.46. The third kappa shape index (κ3) is 6.63. The van der Waals surface area contributed by atoms with Gasteiger partial charge in [-0.25, -0.2) is 0 Å². The second-order valence-electron chi connectivity index (χ2n) is 6.19. The molecule has 0 saturated carbocycles. The van der Waals surface area contributed by atoms with Crippen LogP contribution < -0.4 is 0 Å². The summed E-state index contributed by atoms with van der Waals surface area (Å²) in [6.45, 7) is 6.69. The van der Waals surface area contributed by atoms with Gasteiger partial charge in [0.25, 0.3) is 5.90 Å². The van der Waals surface area contributed by atoms with Gasteiger partial charge < -0.3 is 24.1 Å². The van der Waals surface area contributed by atoms with Gasteiger partial charge in [0.05, 0.1) is 0 Å². The van der Waals surface area contributed by atoms with Crippen LogP contribution in [-0.2, 0) is 30.7 Å². The van der Waals surface area contributed by atoms with Gasteiger partial charge in [-0.2, -0.15) is 0 Å². The van der Waals surface area contributed by atoms with Gasteiger partial charge in [0, 0.05) is 11.1 Å². The lowest BCUT2D eigenvalue weighted by molar-refractivity contribution is 0.0672. The predicted octanol–water partition coefficient (Wildman–Crippen LogP) is 3.26. The van der Waals surface area contributed by atoms with Crippen LogP contribution in [0.4, 0.5) is 0 Å². The molecule has 1 aromatic rings. The molecular weight excluding hydrogens is 376 g/mol. The standard InChI is InChI=1S/C20H26N4O5/c1-14(2)12-18(22-25-4)15(3)21-29-13-16-8-6-7-9-17(16)19(23-26-5)20-24-28-11-10-27-20/h6-9,12H,10-11,13H2,1-5H3/b21-15+,22-18+,23-19+. The van der Waals surface area contributed by atoms with E-state index in [4.69, 9.17) is 24.1 Å². The van der Waals surface area contributed by atoms with Crippen LogP contribution >= 0.6 is 0 Å². The minimum atomic E-state index is 0.194. The van der Waals surface area contributed by atoms with Gasteiger partial charge in [0.2, 0.25) is 0 Å². The summed E-state index contributed by atoms with van der Waals surface area (Å²) in [7, 11) is 2.94. The molecule has 0 aromatic heterocycles. The van der Waals surface area contributed by atoms with Crippen LogP contribution in [-0.4, -0.2) is 50.5 Å². The van der Waals surface area contributed by atoms with E-state index in [0.29, 0.717) is 30.3 Å². The van der Waals surface area contributed by atoms with Crippen molar-refractivity contribution < 1.29 is 24.1 Å². The fourth-order valence-electron chi connectivity index (χ4n) is 2.40. The fraction of sp³-hybridized carbons (Fsp3) is 0.400. The predicted molar refractivity (Wildman–Crippen MR) is 111 cm³/mol. The van der Waals surface area contributed by atoms with Gasteiger partial charge in [-0.05, 0) is 32.0 Å². The molecule has 0 bridgehead atoms. The first-order valence-electron chi connectivity index (χ1n) is 9.02. The Balaban J connectivity index is 2.22. The maximum Gasteiger partial charge on any atom is 0.280 e. The normalized spacial score (nSPS) is 14.9. The summed E-state index contributed by atoms with van der Waals surface area (Å²) < 4.78 is 5.55. The molecule has 0 amide bonds. The van der Waals surface area contributed by atoms with E-state index in [1.54, 1.807) is 6.92 Å². The van der Waals surface area contributed by atoms with Crippen molar-refractivity contribution in [2.75, 3.05) is 27.4 Å². The van der Waals surface area contributed by atoms with Crippen LogP contribution in [0.25, 0.3) is 0 Å². The average Bonchev–Trinajstić information content (AvgIpc) is 2.72. The third-order valence-electron chi connectivity index (χ3n) is 3.63. The first-order chi connectivity index (χ1) is 14.1. The number of allylic oxidation sites excluding steroid dienone is 2. The molecule has 1 aromatic carbocycles. The van der Waals surface area contributed by atoms with Crippen LogP contribution in [0.15, 0.2) is 56.5 Å². The molecular formula is C20H26N4O5. The van der Waals surface area contributed by atoms with Crippen molar-refractivity contribution in [2.45, 2.75) is 27.4 Å². The van der Waals surface area contributed by atoms with E-state index in [0.717, 1.165) is 16.7 Å². The van der Waals surface area contributed by atoms with Gasteiger partial charge in [0.15, 0.2) is 12.3 Å². The zero-order chi connectivity index (χ0) is 21.1. The minimum absolute atomic E-state index is 0.194. The van der Waals surface area contributed by atoms with Crippen LogP contribution in [0.1, 0.15) is 31.9 Å². The lowest BCUT2D eigenvalue weighted by Gasteiger charge is -2.16. The maximum absolute atomic E-state index is 5.56. The van der Waals surface area contributed by atoms with Crippen molar-refractivity contribution in [3.63, 3.8) is 0 Å². The fourth-order valence-corrected chi connectivity index (χ4v) is 2.40. The minimum Gasteiger partial charge on any atom is -0.470 e. The summed E-state index contributed by atoms with van der Waals surface area (Å²) in [6, 6.07) is 7.54. The molecule has 0 fully saturated rings. The Kier molecular flexibility index (Phi) is 8.68. The first kappa shape index (κ1) is 21.9. The smallest absolute Gasteiger partial charge is 0.280 e. The molecule has 156 valence electrons. The molecule has 0 N–H and O–H groups in total. The second-order valence-corrected chi connectivity index (χ2v) is 6.19. The highest BCUT2D eigenvalue weighted by Crippen LogP contribution is 2.15. The quantitative estimate of drug-likeness (QED) is 0.467. The SMILES string of the molecule is CO/N=C(C=C(C)C)/C(C)=N/OCc1ccccc1/C(=N\OC)C1=NOCCO1. The highest BCUT2D eigenvalue weighted by Gasteiger charge is 2.21. The highest BCUT2D eigenvalue weighted by atomic mass is 16.7. The van der Waals surface area contributed by atoms with Crippen molar-refractivity contribution in [1.29, 1.82) is 0 Å². The second kappa shape index (κ2) is 11.5. The van der Waals surface area contributed by atoms with Crippen LogP contribution in [0, 0.1) is 0 Å². The van der Waals surface area contributed by atoms with Crippen molar-refractivity contribution in [1.82, 2.24) is 0 Å². The van der Waals surface area contributed by atoms with Crippen molar-refractivity contribution in [3.8, 4) is 0 Å². The number of benzene rings is 1. The summed E-state index contributed by atoms with van der Waals surface area (Å²) >= 11 is 0. The molecule has 2 rings (SSSR count).